The van der Waals surface area contributed by atoms with Gasteiger partial charge >= 0.3 is 11.9 Å². The molecular weight excluding hydrogens is 362 g/mol. The van der Waals surface area contributed by atoms with Crippen LogP contribution >= 0.6 is 0 Å². The summed E-state index contributed by atoms with van der Waals surface area (Å²) < 4.78 is 20.7. The highest BCUT2D eigenvalue weighted by Gasteiger charge is 2.42. The van der Waals surface area contributed by atoms with Crippen LogP contribution < -0.4 is 0 Å². The van der Waals surface area contributed by atoms with E-state index < -0.39 is 30.1 Å². The molecule has 0 saturated carbocycles. The van der Waals surface area contributed by atoms with E-state index in [0.717, 1.165) is 11.1 Å². The number of carbonyl (C=O) groups is 2. The molecule has 28 heavy (non-hydrogen) atoms. The molecule has 0 radical (unpaired) electrons. The van der Waals surface area contributed by atoms with Gasteiger partial charge in [-0.1, -0.05) is 24.3 Å². The smallest absolute Gasteiger partial charge is 0.336 e. The monoisotopic (exact) mass is 389 g/mol. The van der Waals surface area contributed by atoms with E-state index in [4.69, 9.17) is 18.9 Å². The fourth-order valence-electron chi connectivity index (χ4n) is 3.65. The van der Waals surface area contributed by atoms with Crippen LogP contribution in [0.2, 0.25) is 0 Å². The highest BCUT2D eigenvalue weighted by Crippen LogP contribution is 2.41. The van der Waals surface area contributed by atoms with Gasteiger partial charge in [-0.05, 0) is 25.0 Å². The van der Waals surface area contributed by atoms with Gasteiger partial charge in [0.15, 0.2) is 6.29 Å². The van der Waals surface area contributed by atoms with Crippen molar-refractivity contribution < 1.29 is 28.5 Å². The van der Waals surface area contributed by atoms with Gasteiger partial charge in [-0.2, -0.15) is 0 Å². The third-order valence-electron chi connectivity index (χ3n) is 4.99. The van der Waals surface area contributed by atoms with E-state index >= 15 is 0 Å². The van der Waals surface area contributed by atoms with Crippen LogP contribution in [0.3, 0.4) is 0 Å². The van der Waals surface area contributed by atoms with Crippen LogP contribution in [0, 0.1) is 5.92 Å². The molecule has 7 nitrogen and oxygen atoms in total. The first-order valence-corrected chi connectivity index (χ1v) is 8.95. The van der Waals surface area contributed by atoms with Gasteiger partial charge in [-0.3, -0.25) is 9.79 Å². The zero-order chi connectivity index (χ0) is 20.8. The maximum absolute atomic E-state index is 12.6. The van der Waals surface area contributed by atoms with Gasteiger partial charge in [0.1, 0.15) is 5.92 Å². The van der Waals surface area contributed by atoms with Crippen molar-refractivity contribution in [3.05, 3.63) is 46.7 Å². The van der Waals surface area contributed by atoms with E-state index in [-0.39, 0.29) is 0 Å². The van der Waals surface area contributed by atoms with Gasteiger partial charge in [0.2, 0.25) is 0 Å². The molecule has 2 atom stereocenters. The molecule has 0 fully saturated rings. The summed E-state index contributed by atoms with van der Waals surface area (Å²) in [5.41, 5.74) is 3.18. The van der Waals surface area contributed by atoms with Crippen LogP contribution in [0.25, 0.3) is 0 Å². The molecule has 0 amide bonds. The van der Waals surface area contributed by atoms with Gasteiger partial charge in [0, 0.05) is 38.0 Å². The van der Waals surface area contributed by atoms with Crippen molar-refractivity contribution in [3.8, 4) is 0 Å². The molecule has 1 aromatic rings. The van der Waals surface area contributed by atoms with E-state index in [1.54, 1.807) is 28.1 Å². The maximum Gasteiger partial charge on any atom is 0.336 e. The average molecular weight is 389 g/mol. The van der Waals surface area contributed by atoms with Gasteiger partial charge in [-0.15, -0.1) is 0 Å². The summed E-state index contributed by atoms with van der Waals surface area (Å²) in [6.45, 7) is 3.51. The van der Waals surface area contributed by atoms with E-state index in [1.807, 2.05) is 24.3 Å². The van der Waals surface area contributed by atoms with E-state index in [0.29, 0.717) is 23.4 Å². The lowest BCUT2D eigenvalue weighted by Crippen LogP contribution is -2.36. The highest BCUT2D eigenvalue weighted by molar-refractivity contribution is 6.07. The minimum absolute atomic E-state index is 0.349. The number of methoxy groups -OCH3 is 4. The number of carbonyl (C=O) groups excluding carboxylic acids is 2. The Morgan fingerprint density at radius 1 is 1.04 bits per heavy atom. The average Bonchev–Trinajstić information content (AvgIpc) is 2.70. The lowest BCUT2D eigenvalue weighted by Gasteiger charge is -2.32. The number of allylic oxidation sites excluding steroid dienone is 1. The van der Waals surface area contributed by atoms with Crippen LogP contribution in [-0.2, 0) is 35.0 Å². The molecule has 7 heteroatoms. The van der Waals surface area contributed by atoms with Gasteiger partial charge < -0.3 is 18.9 Å². The summed E-state index contributed by atoms with van der Waals surface area (Å²) in [6.07, 6.45) is -0.000190. The molecule has 2 rings (SSSR count). The summed E-state index contributed by atoms with van der Waals surface area (Å²) in [6, 6.07) is 7.59. The highest BCUT2D eigenvalue weighted by atomic mass is 16.7. The van der Waals surface area contributed by atoms with Crippen molar-refractivity contribution in [1.29, 1.82) is 0 Å². The molecule has 1 aromatic carbocycles. The number of rotatable bonds is 7. The second kappa shape index (κ2) is 9.61. The van der Waals surface area contributed by atoms with E-state index in [1.165, 1.54) is 14.2 Å². The summed E-state index contributed by atoms with van der Waals surface area (Å²) in [5.74, 6) is -2.28. The van der Waals surface area contributed by atoms with Crippen molar-refractivity contribution in [2.45, 2.75) is 32.5 Å². The Morgan fingerprint density at radius 3 is 2.25 bits per heavy atom. The molecule has 152 valence electrons. The summed E-state index contributed by atoms with van der Waals surface area (Å²) >= 11 is 0. The molecule has 1 heterocycles. The number of nitrogens with zero attached hydrogens (tertiary/aromatic N) is 1. The Labute approximate surface area is 165 Å². The molecule has 0 bridgehead atoms. The van der Waals surface area contributed by atoms with Crippen molar-refractivity contribution in [3.63, 3.8) is 0 Å². The summed E-state index contributed by atoms with van der Waals surface area (Å²) in [5, 5.41) is 0. The topological polar surface area (TPSA) is 83.4 Å². The molecule has 0 N–H and O–H groups in total. The lowest BCUT2D eigenvalue weighted by atomic mass is 9.74. The molecule has 1 aliphatic rings. The Kier molecular flexibility index (Phi) is 7.48. The van der Waals surface area contributed by atoms with Gasteiger partial charge in [0.05, 0.1) is 19.8 Å². The first kappa shape index (κ1) is 21.8. The SMILES string of the molecule is COC(=O)C1=C(C)N=C(C)C(C(=O)OC)C1c1ccccc1CC(OC)OC. The predicted molar refractivity (Wildman–Crippen MR) is 104 cm³/mol. The second-order valence-electron chi connectivity index (χ2n) is 6.53. The van der Waals surface area contributed by atoms with Crippen LogP contribution in [-0.4, -0.2) is 52.4 Å². The van der Waals surface area contributed by atoms with Crippen molar-refractivity contribution in [2.24, 2.45) is 10.9 Å². The molecule has 0 saturated heterocycles. The van der Waals surface area contributed by atoms with Crippen molar-refractivity contribution >= 4 is 17.7 Å². The third kappa shape index (κ3) is 4.31. The van der Waals surface area contributed by atoms with Crippen LogP contribution in [0.15, 0.2) is 40.5 Å². The quantitative estimate of drug-likeness (QED) is 0.527. The van der Waals surface area contributed by atoms with Gasteiger partial charge in [-0.25, -0.2) is 4.79 Å². The van der Waals surface area contributed by atoms with Crippen molar-refractivity contribution in [1.82, 2.24) is 0 Å². The number of hydrogen-bond donors (Lipinski definition) is 0. The molecule has 0 aliphatic carbocycles. The zero-order valence-corrected chi connectivity index (χ0v) is 17.1. The van der Waals surface area contributed by atoms with Crippen LogP contribution in [0.5, 0.6) is 0 Å². The largest absolute Gasteiger partial charge is 0.468 e. The number of esters is 2. The lowest BCUT2D eigenvalue weighted by molar-refractivity contribution is -0.143. The minimum Gasteiger partial charge on any atom is -0.468 e. The fraction of sp³-hybridized carbons (Fsp3) is 0.476. The van der Waals surface area contributed by atoms with Gasteiger partial charge in [0.25, 0.3) is 0 Å². The van der Waals surface area contributed by atoms with Crippen LogP contribution in [0.1, 0.15) is 30.9 Å². The molecule has 1 aliphatic heterocycles. The fourth-order valence-corrected chi connectivity index (χ4v) is 3.65. The Bertz CT molecular complexity index is 794. The first-order chi connectivity index (χ1) is 13.4. The predicted octanol–water partition coefficient (Wildman–Crippen LogP) is 2.64. The van der Waals surface area contributed by atoms with Crippen molar-refractivity contribution in [2.75, 3.05) is 28.4 Å². The first-order valence-electron chi connectivity index (χ1n) is 8.95. The maximum atomic E-state index is 12.6. The second-order valence-corrected chi connectivity index (χ2v) is 6.53. The summed E-state index contributed by atoms with van der Waals surface area (Å²) in [7, 11) is 5.77. The number of hydrogen-bond acceptors (Lipinski definition) is 7. The van der Waals surface area contributed by atoms with Crippen LogP contribution in [0.4, 0.5) is 0 Å². The Hall–Kier alpha value is -2.51. The molecular formula is C21H27NO6. The molecule has 0 aromatic heterocycles. The Morgan fingerprint density at radius 2 is 1.68 bits per heavy atom. The zero-order valence-electron chi connectivity index (χ0n) is 17.1. The summed E-state index contributed by atoms with van der Waals surface area (Å²) in [4.78, 5) is 29.7. The standard InChI is InChI=1S/C21H27NO6/c1-12-17(20(23)27-5)19(18(13(2)22-12)21(24)28-6)15-10-8-7-9-14(15)11-16(25-3)26-4/h7-10,16-17,19H,11H2,1-6H3. The normalized spacial score (nSPS) is 19.5. The van der Waals surface area contributed by atoms with E-state index in [2.05, 4.69) is 4.99 Å². The number of benzene rings is 1. The molecule has 0 spiro atoms. The van der Waals surface area contributed by atoms with E-state index in [9.17, 15) is 9.59 Å². The minimum atomic E-state index is -0.729. The number of ether oxygens (including phenoxy) is 4. The third-order valence-corrected chi connectivity index (χ3v) is 4.99. The molecule has 2 unspecified atom stereocenters. The Balaban J connectivity index is 2.68. The number of aliphatic imine (C=N–C) groups is 1.